The molecule has 2 N–H and O–H groups in total. The van der Waals surface area contributed by atoms with E-state index < -0.39 is 5.91 Å². The number of benzene rings is 1. The maximum Gasteiger partial charge on any atom is 0.274 e. The van der Waals surface area contributed by atoms with Crippen molar-refractivity contribution in [3.63, 3.8) is 0 Å². The Morgan fingerprint density at radius 2 is 1.92 bits per heavy atom. The predicted molar refractivity (Wildman–Crippen MR) is 146 cm³/mol. The molecule has 0 saturated carbocycles. The monoisotopic (exact) mass is 555 g/mol. The Hall–Kier alpha value is -4.00. The standard InChI is InChI=1S/C26H30ClN7O5/c1-15(2)29-26(36)21-22(16(3)11-17-13-33(32-23(17)21)14-39-10-9-37-4)30-25(35)19-12-20(38-5)31-34(19)24-18(27)7-6-8-28-24/h6-8,11-13,15H,9-10,14H2,1-5H3,(H,29,36)(H,30,35). The van der Waals surface area contributed by atoms with Crippen LogP contribution >= 0.6 is 11.6 Å². The Balaban J connectivity index is 1.77. The van der Waals surface area contributed by atoms with Gasteiger partial charge in [0, 0.05) is 37.0 Å². The van der Waals surface area contributed by atoms with E-state index >= 15 is 0 Å². The van der Waals surface area contributed by atoms with Crippen molar-refractivity contribution in [2.75, 3.05) is 32.8 Å². The summed E-state index contributed by atoms with van der Waals surface area (Å²) in [4.78, 5) is 31.3. The van der Waals surface area contributed by atoms with Crippen molar-refractivity contribution in [1.82, 2.24) is 29.9 Å². The highest BCUT2D eigenvalue weighted by Crippen LogP contribution is 2.31. The molecule has 0 spiro atoms. The van der Waals surface area contributed by atoms with E-state index in [4.69, 9.17) is 25.8 Å². The minimum Gasteiger partial charge on any atom is -0.480 e. The highest BCUT2D eigenvalue weighted by Gasteiger charge is 2.26. The van der Waals surface area contributed by atoms with Crippen molar-refractivity contribution in [2.24, 2.45) is 0 Å². The molecule has 0 aliphatic rings. The van der Waals surface area contributed by atoms with Gasteiger partial charge in [0.2, 0.25) is 5.88 Å². The summed E-state index contributed by atoms with van der Waals surface area (Å²) in [5, 5.41) is 15.7. The molecule has 0 aliphatic heterocycles. The van der Waals surface area contributed by atoms with Gasteiger partial charge in [-0.15, -0.1) is 5.10 Å². The van der Waals surface area contributed by atoms with Crippen LogP contribution in [0.2, 0.25) is 5.02 Å². The number of nitrogens with zero attached hydrogens (tertiary/aromatic N) is 5. The number of carbonyl (C=O) groups is 2. The van der Waals surface area contributed by atoms with Gasteiger partial charge in [-0.1, -0.05) is 11.6 Å². The third kappa shape index (κ3) is 6.19. The van der Waals surface area contributed by atoms with E-state index in [1.165, 1.54) is 17.9 Å². The van der Waals surface area contributed by atoms with Crippen molar-refractivity contribution < 1.29 is 23.8 Å². The Bertz CT molecular complexity index is 1500. The lowest BCUT2D eigenvalue weighted by atomic mass is 10.0. The zero-order chi connectivity index (χ0) is 28.1. The van der Waals surface area contributed by atoms with Crippen LogP contribution in [0.4, 0.5) is 5.69 Å². The molecular weight excluding hydrogens is 526 g/mol. The smallest absolute Gasteiger partial charge is 0.274 e. The molecule has 2 amide bonds. The van der Waals surface area contributed by atoms with Crippen LogP contribution in [0.1, 0.15) is 40.3 Å². The summed E-state index contributed by atoms with van der Waals surface area (Å²) < 4.78 is 18.7. The van der Waals surface area contributed by atoms with Crippen LogP contribution in [0.5, 0.6) is 5.88 Å². The van der Waals surface area contributed by atoms with E-state index in [0.717, 1.165) is 5.39 Å². The number of nitrogens with one attached hydrogen (secondary N) is 2. The Morgan fingerprint density at radius 1 is 1.13 bits per heavy atom. The average molecular weight is 556 g/mol. The Morgan fingerprint density at radius 3 is 2.62 bits per heavy atom. The molecule has 0 unspecified atom stereocenters. The number of hydrogen-bond donors (Lipinski definition) is 2. The van der Waals surface area contributed by atoms with E-state index in [9.17, 15) is 9.59 Å². The van der Waals surface area contributed by atoms with Gasteiger partial charge in [0.15, 0.2) is 5.82 Å². The number of anilines is 1. The van der Waals surface area contributed by atoms with Gasteiger partial charge in [-0.25, -0.2) is 14.3 Å². The van der Waals surface area contributed by atoms with E-state index in [1.54, 1.807) is 43.2 Å². The normalized spacial score (nSPS) is 11.3. The molecule has 12 nitrogen and oxygen atoms in total. The summed E-state index contributed by atoms with van der Waals surface area (Å²) in [6.45, 7) is 6.53. The molecule has 0 saturated heterocycles. The molecule has 13 heteroatoms. The number of amides is 2. The second kappa shape index (κ2) is 12.2. The lowest BCUT2D eigenvalue weighted by Gasteiger charge is -2.16. The second-order valence-electron chi connectivity index (χ2n) is 8.95. The van der Waals surface area contributed by atoms with Gasteiger partial charge in [-0.05, 0) is 44.5 Å². The molecule has 0 aliphatic carbocycles. The molecule has 4 rings (SSSR count). The lowest BCUT2D eigenvalue weighted by Crippen LogP contribution is -2.31. The fourth-order valence-electron chi connectivity index (χ4n) is 3.93. The van der Waals surface area contributed by atoms with Crippen LogP contribution in [-0.2, 0) is 16.2 Å². The third-order valence-corrected chi connectivity index (χ3v) is 5.95. The number of ether oxygens (including phenoxy) is 3. The van der Waals surface area contributed by atoms with Crippen LogP contribution in [-0.4, -0.2) is 69.8 Å². The van der Waals surface area contributed by atoms with Gasteiger partial charge in [-0.3, -0.25) is 9.59 Å². The van der Waals surface area contributed by atoms with Crippen molar-refractivity contribution in [1.29, 1.82) is 0 Å². The summed E-state index contributed by atoms with van der Waals surface area (Å²) in [6, 6.07) is 6.48. The highest BCUT2D eigenvalue weighted by molar-refractivity contribution is 6.32. The van der Waals surface area contributed by atoms with Crippen LogP contribution in [0.15, 0.2) is 36.7 Å². The molecule has 0 radical (unpaired) electrons. The molecule has 0 atom stereocenters. The Kier molecular flexibility index (Phi) is 8.79. The van der Waals surface area contributed by atoms with Crippen LogP contribution in [0, 0.1) is 6.92 Å². The molecule has 3 aromatic heterocycles. The number of hydrogen-bond acceptors (Lipinski definition) is 8. The number of aromatic nitrogens is 5. The van der Waals surface area contributed by atoms with Gasteiger partial charge in [0.05, 0.1) is 36.6 Å². The molecule has 1 aromatic carbocycles. The van der Waals surface area contributed by atoms with E-state index in [1.807, 2.05) is 19.9 Å². The number of aryl methyl sites for hydroxylation is 1. The topological polar surface area (TPSA) is 134 Å². The molecule has 3 heterocycles. The zero-order valence-corrected chi connectivity index (χ0v) is 23.1. The summed E-state index contributed by atoms with van der Waals surface area (Å²) in [5.74, 6) is -0.474. The third-order valence-electron chi connectivity index (χ3n) is 5.65. The highest BCUT2D eigenvalue weighted by atomic mass is 35.5. The number of rotatable bonds is 11. The van der Waals surface area contributed by atoms with E-state index in [-0.39, 0.29) is 41.6 Å². The molecule has 0 bridgehead atoms. The van der Waals surface area contributed by atoms with Gasteiger partial charge in [-0.2, -0.15) is 5.10 Å². The zero-order valence-electron chi connectivity index (χ0n) is 22.3. The number of methoxy groups -OCH3 is 2. The van der Waals surface area contributed by atoms with Gasteiger partial charge in [0.1, 0.15) is 17.9 Å². The van der Waals surface area contributed by atoms with Crippen LogP contribution in [0.25, 0.3) is 16.7 Å². The SMILES string of the molecule is COCCOCn1cc2cc(C)c(NC(=O)c3cc(OC)nn3-c3ncccc3Cl)c(C(=O)NC(C)C)c2n1. The average Bonchev–Trinajstić information content (AvgIpc) is 3.50. The van der Waals surface area contributed by atoms with Crippen LogP contribution < -0.4 is 15.4 Å². The number of pyridine rings is 1. The van der Waals surface area contributed by atoms with Gasteiger partial charge < -0.3 is 24.8 Å². The minimum absolute atomic E-state index is 0.110. The minimum atomic E-state index is -0.545. The fourth-order valence-corrected chi connectivity index (χ4v) is 4.14. The van der Waals surface area contributed by atoms with Crippen molar-refractivity contribution in [3.05, 3.63) is 58.5 Å². The fraction of sp³-hybridized carbons (Fsp3) is 0.346. The van der Waals surface area contributed by atoms with Gasteiger partial charge in [0.25, 0.3) is 11.8 Å². The van der Waals surface area contributed by atoms with Crippen molar-refractivity contribution in [3.8, 4) is 11.7 Å². The Labute approximate surface area is 230 Å². The first-order valence-electron chi connectivity index (χ1n) is 12.2. The quantitative estimate of drug-likeness (QED) is 0.268. The van der Waals surface area contributed by atoms with Crippen molar-refractivity contribution in [2.45, 2.75) is 33.5 Å². The number of fused-ring (bicyclic) bond motifs is 1. The number of halogens is 1. The maximum absolute atomic E-state index is 13.7. The molecule has 0 fully saturated rings. The molecular formula is C26H30ClN7O5. The summed E-state index contributed by atoms with van der Waals surface area (Å²) in [5.41, 5.74) is 1.74. The second-order valence-corrected chi connectivity index (χ2v) is 9.36. The van der Waals surface area contributed by atoms with E-state index in [2.05, 4.69) is 25.8 Å². The number of carbonyl (C=O) groups excluding carboxylic acids is 2. The van der Waals surface area contributed by atoms with E-state index in [0.29, 0.717) is 35.0 Å². The first kappa shape index (κ1) is 28.0. The molecule has 4 aromatic rings. The largest absolute Gasteiger partial charge is 0.480 e. The summed E-state index contributed by atoms with van der Waals surface area (Å²) in [6.07, 6.45) is 3.33. The maximum atomic E-state index is 13.7. The lowest BCUT2D eigenvalue weighted by molar-refractivity contribution is 0.0291. The van der Waals surface area contributed by atoms with Gasteiger partial charge >= 0.3 is 0 Å². The summed E-state index contributed by atoms with van der Waals surface area (Å²) >= 11 is 6.33. The predicted octanol–water partition coefficient (Wildman–Crippen LogP) is 3.60. The molecule has 39 heavy (non-hydrogen) atoms. The first-order chi connectivity index (χ1) is 18.7. The molecule has 206 valence electrons. The summed E-state index contributed by atoms with van der Waals surface area (Å²) in [7, 11) is 3.04. The van der Waals surface area contributed by atoms with Crippen molar-refractivity contribution >= 4 is 40.0 Å². The first-order valence-corrected chi connectivity index (χ1v) is 12.6. The van der Waals surface area contributed by atoms with Crippen LogP contribution in [0.3, 0.4) is 0 Å².